The molecule has 1 unspecified atom stereocenters. The summed E-state index contributed by atoms with van der Waals surface area (Å²) >= 11 is 0. The molecule has 0 spiro atoms. The first kappa shape index (κ1) is 15.4. The molecular weight excluding hydrogens is 262 g/mol. The van der Waals surface area contributed by atoms with Crippen molar-refractivity contribution < 1.29 is 13.5 Å². The smallest absolute Gasteiger partial charge is 0.159 e. The maximum atomic E-state index is 13.3. The molecule has 20 heavy (non-hydrogen) atoms. The van der Waals surface area contributed by atoms with Crippen molar-refractivity contribution in [2.75, 3.05) is 6.61 Å². The Morgan fingerprint density at radius 3 is 2.55 bits per heavy atom. The van der Waals surface area contributed by atoms with Crippen LogP contribution in [0, 0.1) is 11.6 Å². The Bertz CT molecular complexity index is 447. The highest BCUT2D eigenvalue weighted by Gasteiger charge is 2.41. The molecule has 5 heteroatoms. The van der Waals surface area contributed by atoms with Crippen LogP contribution in [-0.4, -0.2) is 18.2 Å². The predicted molar refractivity (Wildman–Crippen MR) is 74.0 cm³/mol. The van der Waals surface area contributed by atoms with Gasteiger partial charge in [-0.05, 0) is 43.9 Å². The molecule has 0 heterocycles. The molecule has 3 N–H and O–H groups in total. The maximum Gasteiger partial charge on any atom is 0.159 e. The van der Waals surface area contributed by atoms with Crippen molar-refractivity contribution in [3.8, 4) is 0 Å². The molecule has 0 bridgehead atoms. The van der Waals surface area contributed by atoms with Gasteiger partial charge >= 0.3 is 0 Å². The van der Waals surface area contributed by atoms with Crippen LogP contribution in [0.5, 0.6) is 0 Å². The largest absolute Gasteiger partial charge is 0.374 e. The van der Waals surface area contributed by atoms with Gasteiger partial charge < -0.3 is 4.74 Å². The van der Waals surface area contributed by atoms with E-state index in [2.05, 4.69) is 5.43 Å². The third-order valence-electron chi connectivity index (χ3n) is 4.14. The van der Waals surface area contributed by atoms with Gasteiger partial charge in [0.1, 0.15) is 0 Å². The number of hydrogen-bond acceptors (Lipinski definition) is 3. The summed E-state index contributed by atoms with van der Waals surface area (Å²) in [6, 6.07) is 3.88. The molecule has 1 fully saturated rings. The number of ether oxygens (including phenoxy) is 1. The molecule has 0 amide bonds. The SMILES string of the molecule is CCOC1(C(Cc2ccc(F)c(F)c2)NN)CCCC1. The van der Waals surface area contributed by atoms with E-state index >= 15 is 0 Å². The number of benzene rings is 1. The Hall–Kier alpha value is -1.04. The van der Waals surface area contributed by atoms with Gasteiger partial charge in [-0.15, -0.1) is 0 Å². The average Bonchev–Trinajstić information content (AvgIpc) is 2.90. The van der Waals surface area contributed by atoms with E-state index in [1.54, 1.807) is 6.07 Å². The van der Waals surface area contributed by atoms with E-state index in [0.717, 1.165) is 37.3 Å². The highest BCUT2D eigenvalue weighted by atomic mass is 19.2. The second-order valence-electron chi connectivity index (χ2n) is 5.38. The van der Waals surface area contributed by atoms with Crippen LogP contribution in [0.2, 0.25) is 0 Å². The monoisotopic (exact) mass is 284 g/mol. The summed E-state index contributed by atoms with van der Waals surface area (Å²) in [5.41, 5.74) is 3.23. The number of hydrogen-bond donors (Lipinski definition) is 2. The van der Waals surface area contributed by atoms with Crippen molar-refractivity contribution in [1.82, 2.24) is 5.43 Å². The van der Waals surface area contributed by atoms with E-state index in [-0.39, 0.29) is 11.6 Å². The van der Waals surface area contributed by atoms with E-state index in [0.29, 0.717) is 13.0 Å². The topological polar surface area (TPSA) is 47.3 Å². The lowest BCUT2D eigenvalue weighted by molar-refractivity contribution is -0.0613. The normalized spacial score (nSPS) is 19.2. The lowest BCUT2D eigenvalue weighted by atomic mass is 9.87. The Kier molecular flexibility index (Phi) is 5.07. The zero-order valence-electron chi connectivity index (χ0n) is 11.8. The van der Waals surface area contributed by atoms with Gasteiger partial charge in [0.2, 0.25) is 0 Å². The Balaban J connectivity index is 2.16. The van der Waals surface area contributed by atoms with Crippen LogP contribution in [0.15, 0.2) is 18.2 Å². The van der Waals surface area contributed by atoms with Crippen LogP contribution in [0.4, 0.5) is 8.78 Å². The van der Waals surface area contributed by atoms with E-state index in [9.17, 15) is 8.78 Å². The van der Waals surface area contributed by atoms with Crippen molar-refractivity contribution in [3.05, 3.63) is 35.4 Å². The summed E-state index contributed by atoms with van der Waals surface area (Å²) in [5.74, 6) is 4.03. The van der Waals surface area contributed by atoms with Crippen molar-refractivity contribution in [2.45, 2.75) is 50.7 Å². The summed E-state index contributed by atoms with van der Waals surface area (Å²) in [7, 11) is 0. The highest BCUT2D eigenvalue weighted by Crippen LogP contribution is 2.37. The standard InChI is InChI=1S/C15H22F2N2O/c1-2-20-15(7-3-4-8-15)14(19-18)10-11-5-6-12(16)13(17)9-11/h5-6,9,14,19H,2-4,7-8,10,18H2,1H3. The fourth-order valence-corrected chi connectivity index (χ4v) is 3.15. The number of nitrogens with one attached hydrogen (secondary N) is 1. The molecule has 1 atom stereocenters. The Labute approximate surface area is 118 Å². The van der Waals surface area contributed by atoms with Crippen LogP contribution >= 0.6 is 0 Å². The molecule has 1 saturated carbocycles. The van der Waals surface area contributed by atoms with E-state index in [1.165, 1.54) is 6.07 Å². The first-order valence-electron chi connectivity index (χ1n) is 7.15. The summed E-state index contributed by atoms with van der Waals surface area (Å²) < 4.78 is 32.2. The van der Waals surface area contributed by atoms with E-state index in [1.807, 2.05) is 6.92 Å². The number of halogens is 2. The summed E-state index contributed by atoms with van der Waals surface area (Å²) in [6.45, 7) is 2.58. The fraction of sp³-hybridized carbons (Fsp3) is 0.600. The van der Waals surface area contributed by atoms with Crippen molar-refractivity contribution in [2.24, 2.45) is 5.84 Å². The maximum absolute atomic E-state index is 13.3. The lowest BCUT2D eigenvalue weighted by Gasteiger charge is -2.37. The molecule has 0 saturated heterocycles. The molecule has 112 valence electrons. The van der Waals surface area contributed by atoms with Gasteiger partial charge in [0.05, 0.1) is 11.6 Å². The molecule has 0 aliphatic heterocycles. The van der Waals surface area contributed by atoms with Crippen LogP contribution < -0.4 is 11.3 Å². The predicted octanol–water partition coefficient (Wildman–Crippen LogP) is 2.69. The number of rotatable bonds is 6. The molecule has 0 aromatic heterocycles. The van der Waals surface area contributed by atoms with Gasteiger partial charge in [-0.2, -0.15) is 0 Å². The van der Waals surface area contributed by atoms with Gasteiger partial charge in [-0.1, -0.05) is 18.9 Å². The first-order valence-corrected chi connectivity index (χ1v) is 7.15. The fourth-order valence-electron chi connectivity index (χ4n) is 3.15. The quantitative estimate of drug-likeness (QED) is 0.623. The molecule has 3 nitrogen and oxygen atoms in total. The molecule has 1 aromatic carbocycles. The van der Waals surface area contributed by atoms with Gasteiger partial charge in [0, 0.05) is 6.61 Å². The van der Waals surface area contributed by atoms with Gasteiger partial charge in [0.25, 0.3) is 0 Å². The Morgan fingerprint density at radius 1 is 1.30 bits per heavy atom. The molecule has 1 aliphatic carbocycles. The second-order valence-corrected chi connectivity index (χ2v) is 5.38. The average molecular weight is 284 g/mol. The van der Waals surface area contributed by atoms with Crippen LogP contribution in [0.25, 0.3) is 0 Å². The van der Waals surface area contributed by atoms with Crippen LogP contribution in [0.3, 0.4) is 0 Å². The zero-order chi connectivity index (χ0) is 14.6. The lowest BCUT2D eigenvalue weighted by Crippen LogP contribution is -2.54. The minimum atomic E-state index is -0.827. The molecular formula is C15H22F2N2O. The van der Waals surface area contributed by atoms with Gasteiger partial charge in [-0.25, -0.2) is 8.78 Å². The van der Waals surface area contributed by atoms with E-state index < -0.39 is 11.6 Å². The zero-order valence-corrected chi connectivity index (χ0v) is 11.8. The van der Waals surface area contributed by atoms with Gasteiger partial charge in [-0.3, -0.25) is 11.3 Å². The molecule has 2 rings (SSSR count). The summed E-state index contributed by atoms with van der Waals surface area (Å²) in [5, 5.41) is 0. The second kappa shape index (κ2) is 6.61. The third-order valence-corrected chi connectivity index (χ3v) is 4.14. The van der Waals surface area contributed by atoms with Gasteiger partial charge in [0.15, 0.2) is 11.6 Å². The number of nitrogens with two attached hydrogens (primary N) is 1. The highest BCUT2D eigenvalue weighted by molar-refractivity contribution is 5.20. The van der Waals surface area contributed by atoms with Crippen molar-refractivity contribution in [1.29, 1.82) is 0 Å². The minimum absolute atomic E-state index is 0.102. The van der Waals surface area contributed by atoms with E-state index in [4.69, 9.17) is 10.6 Å². The number of hydrazine groups is 1. The van der Waals surface area contributed by atoms with Crippen molar-refractivity contribution in [3.63, 3.8) is 0 Å². The van der Waals surface area contributed by atoms with Crippen LogP contribution in [-0.2, 0) is 11.2 Å². The summed E-state index contributed by atoms with van der Waals surface area (Å²) in [4.78, 5) is 0. The molecule has 1 aromatic rings. The molecule has 1 aliphatic rings. The van der Waals surface area contributed by atoms with Crippen molar-refractivity contribution >= 4 is 0 Å². The molecule has 0 radical (unpaired) electrons. The summed E-state index contributed by atoms with van der Waals surface area (Å²) in [6.07, 6.45) is 4.62. The third kappa shape index (κ3) is 3.16. The first-order chi connectivity index (χ1) is 9.61. The van der Waals surface area contributed by atoms with Crippen LogP contribution in [0.1, 0.15) is 38.2 Å². The minimum Gasteiger partial charge on any atom is -0.374 e. The Morgan fingerprint density at radius 2 is 2.00 bits per heavy atom.